The van der Waals surface area contributed by atoms with Crippen molar-refractivity contribution in [3.05, 3.63) is 35.2 Å². The SMILES string of the molecule is Cc1cccc(NC(=O)CSc2nnc(C3CC3)n2N)c1C. The molecule has 1 aromatic heterocycles. The molecule has 2 aromatic rings. The number of amides is 1. The van der Waals surface area contributed by atoms with E-state index in [0.29, 0.717) is 11.1 Å². The zero-order valence-electron chi connectivity index (χ0n) is 12.7. The van der Waals surface area contributed by atoms with Crippen molar-refractivity contribution in [2.24, 2.45) is 0 Å². The molecular formula is C15H19N5OS. The maximum atomic E-state index is 12.1. The van der Waals surface area contributed by atoms with E-state index in [-0.39, 0.29) is 11.7 Å². The van der Waals surface area contributed by atoms with Gasteiger partial charge in [-0.1, -0.05) is 23.9 Å². The van der Waals surface area contributed by atoms with Crippen LogP contribution >= 0.6 is 11.8 Å². The summed E-state index contributed by atoms with van der Waals surface area (Å²) in [6.07, 6.45) is 2.24. The van der Waals surface area contributed by atoms with E-state index < -0.39 is 0 Å². The Bertz CT molecular complexity index is 708. The summed E-state index contributed by atoms with van der Waals surface area (Å²) in [5.41, 5.74) is 3.08. The number of carbonyl (C=O) groups excluding carboxylic acids is 1. The molecule has 1 aliphatic rings. The third-order valence-electron chi connectivity index (χ3n) is 3.84. The summed E-state index contributed by atoms with van der Waals surface area (Å²) < 4.78 is 1.51. The van der Waals surface area contributed by atoms with Crippen LogP contribution in [0.15, 0.2) is 23.4 Å². The van der Waals surface area contributed by atoms with E-state index >= 15 is 0 Å². The molecular weight excluding hydrogens is 298 g/mol. The molecule has 0 unspecified atom stereocenters. The van der Waals surface area contributed by atoms with Crippen LogP contribution in [0.4, 0.5) is 5.69 Å². The maximum Gasteiger partial charge on any atom is 0.234 e. The Kier molecular flexibility index (Phi) is 4.06. The number of nitrogens with zero attached hydrogens (tertiary/aromatic N) is 3. The van der Waals surface area contributed by atoms with Crippen molar-refractivity contribution >= 4 is 23.4 Å². The van der Waals surface area contributed by atoms with Crippen molar-refractivity contribution in [2.75, 3.05) is 16.9 Å². The number of thioether (sulfide) groups is 1. The topological polar surface area (TPSA) is 85.8 Å². The van der Waals surface area contributed by atoms with Crippen molar-refractivity contribution in [3.63, 3.8) is 0 Å². The van der Waals surface area contributed by atoms with Crippen LogP contribution in [0, 0.1) is 13.8 Å². The van der Waals surface area contributed by atoms with Crippen LogP contribution < -0.4 is 11.2 Å². The predicted octanol–water partition coefficient (Wildman–Crippen LogP) is 2.22. The average molecular weight is 317 g/mol. The first kappa shape index (κ1) is 14.9. The third kappa shape index (κ3) is 3.09. The lowest BCUT2D eigenvalue weighted by atomic mass is 10.1. The minimum Gasteiger partial charge on any atom is -0.336 e. The number of nitrogens with two attached hydrogens (primary N) is 1. The molecule has 1 saturated carbocycles. The number of aryl methyl sites for hydroxylation is 1. The first-order valence-electron chi connectivity index (χ1n) is 7.25. The number of hydrogen-bond donors (Lipinski definition) is 2. The smallest absolute Gasteiger partial charge is 0.234 e. The summed E-state index contributed by atoms with van der Waals surface area (Å²) in [5, 5.41) is 11.7. The number of carbonyl (C=O) groups is 1. The highest BCUT2D eigenvalue weighted by atomic mass is 32.2. The Morgan fingerprint density at radius 3 is 2.91 bits per heavy atom. The van der Waals surface area contributed by atoms with Gasteiger partial charge in [0.2, 0.25) is 11.1 Å². The molecule has 7 heteroatoms. The lowest BCUT2D eigenvalue weighted by Gasteiger charge is -2.10. The largest absolute Gasteiger partial charge is 0.336 e. The van der Waals surface area contributed by atoms with E-state index in [4.69, 9.17) is 5.84 Å². The quantitative estimate of drug-likeness (QED) is 0.652. The van der Waals surface area contributed by atoms with E-state index in [2.05, 4.69) is 15.5 Å². The predicted molar refractivity (Wildman–Crippen MR) is 87.4 cm³/mol. The Hall–Kier alpha value is -2.02. The third-order valence-corrected chi connectivity index (χ3v) is 4.79. The maximum absolute atomic E-state index is 12.1. The fourth-order valence-electron chi connectivity index (χ4n) is 2.21. The molecule has 22 heavy (non-hydrogen) atoms. The van der Waals surface area contributed by atoms with Crippen LogP contribution in [0.2, 0.25) is 0 Å². The molecule has 1 fully saturated rings. The molecule has 0 aliphatic heterocycles. The second-order valence-electron chi connectivity index (χ2n) is 5.57. The van der Waals surface area contributed by atoms with Gasteiger partial charge in [0, 0.05) is 11.6 Å². The molecule has 1 aliphatic carbocycles. The Morgan fingerprint density at radius 1 is 1.41 bits per heavy atom. The second-order valence-corrected chi connectivity index (χ2v) is 6.51. The van der Waals surface area contributed by atoms with Crippen LogP contribution in [0.25, 0.3) is 0 Å². The minimum absolute atomic E-state index is 0.0744. The van der Waals surface area contributed by atoms with Gasteiger partial charge >= 0.3 is 0 Å². The van der Waals surface area contributed by atoms with Crippen LogP contribution in [0.5, 0.6) is 0 Å². The van der Waals surface area contributed by atoms with Gasteiger partial charge in [-0.2, -0.15) is 0 Å². The molecule has 1 amide bonds. The Labute approximate surface area is 133 Å². The van der Waals surface area contributed by atoms with Crippen molar-refractivity contribution in [2.45, 2.75) is 37.8 Å². The van der Waals surface area contributed by atoms with Crippen LogP contribution in [-0.2, 0) is 4.79 Å². The lowest BCUT2D eigenvalue weighted by molar-refractivity contribution is -0.113. The molecule has 0 spiro atoms. The molecule has 0 bridgehead atoms. The van der Waals surface area contributed by atoms with E-state index in [1.54, 1.807) is 0 Å². The van der Waals surface area contributed by atoms with E-state index in [1.165, 1.54) is 16.4 Å². The molecule has 0 atom stereocenters. The molecule has 116 valence electrons. The summed E-state index contributed by atoms with van der Waals surface area (Å²) in [7, 11) is 0. The van der Waals surface area contributed by atoms with E-state index in [0.717, 1.165) is 35.5 Å². The van der Waals surface area contributed by atoms with Gasteiger partial charge < -0.3 is 11.2 Å². The van der Waals surface area contributed by atoms with Crippen LogP contribution in [0.3, 0.4) is 0 Å². The number of anilines is 1. The highest BCUT2D eigenvalue weighted by Crippen LogP contribution is 2.39. The normalized spacial score (nSPS) is 14.1. The first-order valence-corrected chi connectivity index (χ1v) is 8.24. The molecule has 0 radical (unpaired) electrons. The number of nitrogens with one attached hydrogen (secondary N) is 1. The zero-order valence-corrected chi connectivity index (χ0v) is 13.5. The number of aromatic nitrogens is 3. The van der Waals surface area contributed by atoms with Gasteiger partial charge in [-0.3, -0.25) is 4.79 Å². The van der Waals surface area contributed by atoms with Crippen molar-refractivity contribution in [1.29, 1.82) is 0 Å². The molecule has 1 aromatic carbocycles. The fourth-order valence-corrected chi connectivity index (χ4v) is 2.87. The van der Waals surface area contributed by atoms with E-state index in [1.807, 2.05) is 32.0 Å². The minimum atomic E-state index is -0.0744. The zero-order chi connectivity index (χ0) is 15.7. The van der Waals surface area contributed by atoms with Gasteiger partial charge in [-0.15, -0.1) is 10.2 Å². The summed E-state index contributed by atoms with van der Waals surface area (Å²) in [5.74, 6) is 7.41. The van der Waals surface area contributed by atoms with Gasteiger partial charge in [0.1, 0.15) is 0 Å². The van der Waals surface area contributed by atoms with Crippen LogP contribution in [-0.4, -0.2) is 26.5 Å². The second kappa shape index (κ2) is 6.00. The van der Waals surface area contributed by atoms with Gasteiger partial charge in [0.05, 0.1) is 5.75 Å². The Balaban J connectivity index is 1.59. The molecule has 1 heterocycles. The first-order chi connectivity index (χ1) is 10.6. The van der Waals surface area contributed by atoms with Gasteiger partial charge in [0.15, 0.2) is 5.82 Å². The van der Waals surface area contributed by atoms with Gasteiger partial charge in [0.25, 0.3) is 0 Å². The number of benzene rings is 1. The molecule has 6 nitrogen and oxygen atoms in total. The number of hydrogen-bond acceptors (Lipinski definition) is 5. The van der Waals surface area contributed by atoms with Gasteiger partial charge in [-0.05, 0) is 43.9 Å². The van der Waals surface area contributed by atoms with Crippen LogP contribution in [0.1, 0.15) is 35.7 Å². The molecule has 0 saturated heterocycles. The summed E-state index contributed by atoms with van der Waals surface area (Å²) in [4.78, 5) is 12.1. The van der Waals surface area contributed by atoms with Crippen molar-refractivity contribution in [1.82, 2.24) is 14.9 Å². The molecule has 3 N–H and O–H groups in total. The Morgan fingerprint density at radius 2 is 2.18 bits per heavy atom. The summed E-state index contributed by atoms with van der Waals surface area (Å²) in [6.45, 7) is 4.02. The number of nitrogen functional groups attached to an aromatic ring is 1. The average Bonchev–Trinajstić information content (AvgIpc) is 3.26. The highest BCUT2D eigenvalue weighted by molar-refractivity contribution is 7.99. The number of rotatable bonds is 5. The van der Waals surface area contributed by atoms with Gasteiger partial charge in [-0.25, -0.2) is 4.68 Å². The van der Waals surface area contributed by atoms with E-state index in [9.17, 15) is 4.79 Å². The standard InChI is InChI=1S/C15H19N5OS/c1-9-4-3-5-12(10(9)2)17-13(21)8-22-15-19-18-14(20(15)16)11-6-7-11/h3-5,11H,6-8,16H2,1-2H3,(H,17,21). The summed E-state index contributed by atoms with van der Waals surface area (Å²) >= 11 is 1.30. The van der Waals surface area contributed by atoms with Crippen molar-refractivity contribution in [3.8, 4) is 0 Å². The monoisotopic (exact) mass is 317 g/mol. The lowest BCUT2D eigenvalue weighted by Crippen LogP contribution is -2.17. The molecule has 3 rings (SSSR count). The van der Waals surface area contributed by atoms with Crippen molar-refractivity contribution < 1.29 is 4.79 Å². The fraction of sp³-hybridized carbons (Fsp3) is 0.400. The summed E-state index contributed by atoms with van der Waals surface area (Å²) in [6, 6.07) is 5.86. The highest BCUT2D eigenvalue weighted by Gasteiger charge is 2.30.